The van der Waals surface area contributed by atoms with Gasteiger partial charge in [-0.25, -0.2) is 4.98 Å². The number of aromatic nitrogens is 3. The maximum atomic E-state index is 12.3. The lowest BCUT2D eigenvalue weighted by atomic mass is 10.2. The lowest BCUT2D eigenvalue weighted by molar-refractivity contribution is -0.113. The van der Waals surface area contributed by atoms with Crippen LogP contribution < -0.4 is 14.8 Å². The van der Waals surface area contributed by atoms with Crippen LogP contribution in [0, 0.1) is 6.92 Å². The second-order valence-electron chi connectivity index (χ2n) is 6.93. The first kappa shape index (κ1) is 22.8. The summed E-state index contributed by atoms with van der Waals surface area (Å²) in [5.41, 5.74) is 3.21. The van der Waals surface area contributed by atoms with Crippen LogP contribution in [0.25, 0.3) is 21.1 Å². The second kappa shape index (κ2) is 10.5. The van der Waals surface area contributed by atoms with E-state index in [0.29, 0.717) is 16.5 Å². The fourth-order valence-electron chi connectivity index (χ4n) is 3.16. The van der Waals surface area contributed by atoms with E-state index in [0.717, 1.165) is 32.6 Å². The molecular formula is C24H22N4O3S2. The first-order valence-corrected chi connectivity index (χ1v) is 11.9. The zero-order chi connectivity index (χ0) is 23.2. The van der Waals surface area contributed by atoms with Crippen molar-refractivity contribution < 1.29 is 14.3 Å². The summed E-state index contributed by atoms with van der Waals surface area (Å²) in [4.78, 5) is 18.0. The van der Waals surface area contributed by atoms with Crippen LogP contribution in [0.1, 0.15) is 5.69 Å². The third-order valence-electron chi connectivity index (χ3n) is 4.74. The highest BCUT2D eigenvalue weighted by atomic mass is 32.2. The van der Waals surface area contributed by atoms with E-state index in [4.69, 9.17) is 14.5 Å². The van der Waals surface area contributed by atoms with Crippen LogP contribution in [0.4, 0.5) is 5.69 Å². The van der Waals surface area contributed by atoms with Crippen LogP contribution in [0.3, 0.4) is 0 Å². The summed E-state index contributed by atoms with van der Waals surface area (Å²) < 4.78 is 10.7. The smallest absolute Gasteiger partial charge is 0.234 e. The summed E-state index contributed by atoms with van der Waals surface area (Å²) in [5.74, 6) is 1.47. The number of thioether (sulfide) groups is 1. The Morgan fingerprint density at radius 1 is 0.970 bits per heavy atom. The maximum absolute atomic E-state index is 12.3. The minimum atomic E-state index is -0.143. The van der Waals surface area contributed by atoms with Gasteiger partial charge in [-0.1, -0.05) is 36.0 Å². The number of aryl methyl sites for hydroxylation is 1. The van der Waals surface area contributed by atoms with Gasteiger partial charge in [-0.3, -0.25) is 4.79 Å². The highest BCUT2D eigenvalue weighted by molar-refractivity contribution is 7.99. The quantitative estimate of drug-likeness (QED) is 0.343. The van der Waals surface area contributed by atoms with Gasteiger partial charge in [0.15, 0.2) is 0 Å². The number of nitrogens with zero attached hydrogens (tertiary/aromatic N) is 3. The maximum Gasteiger partial charge on any atom is 0.234 e. The molecule has 1 N–H and O–H groups in total. The molecular weight excluding hydrogens is 456 g/mol. The predicted molar refractivity (Wildman–Crippen MR) is 132 cm³/mol. The van der Waals surface area contributed by atoms with E-state index >= 15 is 0 Å². The van der Waals surface area contributed by atoms with Crippen molar-refractivity contribution >= 4 is 34.7 Å². The van der Waals surface area contributed by atoms with Gasteiger partial charge < -0.3 is 14.8 Å². The Balaban J connectivity index is 1.42. The molecule has 0 unspecified atom stereocenters. The number of rotatable bonds is 8. The Kier molecular flexibility index (Phi) is 7.21. The molecule has 9 heteroatoms. The van der Waals surface area contributed by atoms with E-state index in [1.807, 2.05) is 55.5 Å². The number of ether oxygens (including phenoxy) is 2. The number of hydrogen-bond acceptors (Lipinski definition) is 8. The molecule has 7 nitrogen and oxygen atoms in total. The Hall–Kier alpha value is -3.43. The number of thiazole rings is 1. The van der Waals surface area contributed by atoms with Gasteiger partial charge >= 0.3 is 0 Å². The SMILES string of the molecule is COc1ccccc1NC(=O)CSc1ccc(-c2sc(-c3ccccc3OC)nc2C)nn1. The van der Waals surface area contributed by atoms with Crippen molar-refractivity contribution in [2.75, 3.05) is 25.3 Å². The van der Waals surface area contributed by atoms with Gasteiger partial charge in [0.25, 0.3) is 0 Å². The summed E-state index contributed by atoms with van der Waals surface area (Å²) in [7, 11) is 3.22. The molecule has 2 heterocycles. The molecule has 2 aromatic carbocycles. The summed E-state index contributed by atoms with van der Waals surface area (Å²) >= 11 is 2.87. The van der Waals surface area contributed by atoms with E-state index < -0.39 is 0 Å². The molecule has 0 saturated heterocycles. The zero-order valence-electron chi connectivity index (χ0n) is 18.4. The lowest BCUT2D eigenvalue weighted by Gasteiger charge is -2.09. The molecule has 0 fully saturated rings. The fraction of sp³-hybridized carbons (Fsp3) is 0.167. The van der Waals surface area contributed by atoms with Crippen molar-refractivity contribution in [1.29, 1.82) is 0 Å². The first-order valence-electron chi connectivity index (χ1n) is 10.1. The molecule has 0 spiro atoms. The normalized spacial score (nSPS) is 10.6. The molecule has 0 aliphatic heterocycles. The highest BCUT2D eigenvalue weighted by Crippen LogP contribution is 2.38. The molecule has 0 saturated carbocycles. The molecule has 1 amide bonds. The molecule has 168 valence electrons. The monoisotopic (exact) mass is 478 g/mol. The van der Waals surface area contributed by atoms with Gasteiger partial charge in [0, 0.05) is 0 Å². The third-order valence-corrected chi connectivity index (χ3v) is 6.87. The molecule has 0 radical (unpaired) electrons. The molecule has 0 aliphatic rings. The van der Waals surface area contributed by atoms with E-state index in [-0.39, 0.29) is 11.7 Å². The van der Waals surface area contributed by atoms with Gasteiger partial charge in [-0.2, -0.15) is 0 Å². The molecule has 0 bridgehead atoms. The van der Waals surface area contributed by atoms with Gasteiger partial charge in [-0.15, -0.1) is 21.5 Å². The molecule has 2 aromatic heterocycles. The van der Waals surface area contributed by atoms with Gasteiger partial charge in [0.05, 0.1) is 41.8 Å². The van der Waals surface area contributed by atoms with Gasteiger partial charge in [-0.05, 0) is 43.3 Å². The van der Waals surface area contributed by atoms with Crippen LogP contribution >= 0.6 is 23.1 Å². The average molecular weight is 479 g/mol. The Bertz CT molecular complexity index is 1260. The second-order valence-corrected chi connectivity index (χ2v) is 8.92. The lowest BCUT2D eigenvalue weighted by Crippen LogP contribution is -2.14. The molecule has 0 atom stereocenters. The number of benzene rings is 2. The van der Waals surface area contributed by atoms with E-state index in [9.17, 15) is 4.79 Å². The van der Waals surface area contributed by atoms with E-state index in [1.165, 1.54) is 11.8 Å². The van der Waals surface area contributed by atoms with Crippen LogP contribution in [0.15, 0.2) is 65.7 Å². The number of amides is 1. The predicted octanol–water partition coefficient (Wildman–Crippen LogP) is 5.32. The first-order chi connectivity index (χ1) is 16.1. The number of methoxy groups -OCH3 is 2. The number of nitrogens with one attached hydrogen (secondary N) is 1. The van der Waals surface area contributed by atoms with Crippen LogP contribution in [-0.2, 0) is 4.79 Å². The number of para-hydroxylation sites is 3. The average Bonchev–Trinajstić information content (AvgIpc) is 3.24. The largest absolute Gasteiger partial charge is 0.496 e. The topological polar surface area (TPSA) is 86.2 Å². The molecule has 33 heavy (non-hydrogen) atoms. The van der Waals surface area contributed by atoms with E-state index in [1.54, 1.807) is 37.7 Å². The number of carbonyl (C=O) groups excluding carboxylic acids is 1. The Morgan fingerprint density at radius 3 is 2.42 bits per heavy atom. The van der Waals surface area contributed by atoms with Crippen molar-refractivity contribution in [2.24, 2.45) is 0 Å². The van der Waals surface area contributed by atoms with Crippen molar-refractivity contribution in [3.05, 3.63) is 66.4 Å². The third kappa shape index (κ3) is 5.32. The number of hydrogen-bond donors (Lipinski definition) is 1. The minimum Gasteiger partial charge on any atom is -0.496 e. The van der Waals surface area contributed by atoms with Gasteiger partial charge in [0.1, 0.15) is 27.2 Å². The molecule has 0 aliphatic carbocycles. The standard InChI is InChI=1S/C24H22N4O3S2/c1-15-23(33-24(25-15)16-8-4-6-10-19(16)30-2)18-12-13-22(28-27-18)32-14-21(29)26-17-9-5-7-11-20(17)31-3/h4-13H,14H2,1-3H3,(H,26,29). The van der Waals surface area contributed by atoms with E-state index in [2.05, 4.69) is 15.5 Å². The summed E-state index contributed by atoms with van der Waals surface area (Å²) in [6, 6.07) is 18.9. The highest BCUT2D eigenvalue weighted by Gasteiger charge is 2.16. The Labute approximate surface area is 200 Å². The van der Waals surface area contributed by atoms with Crippen LogP contribution in [0.2, 0.25) is 0 Å². The summed E-state index contributed by atoms with van der Waals surface area (Å²) in [6.07, 6.45) is 0. The van der Waals surface area contributed by atoms with Crippen molar-refractivity contribution in [1.82, 2.24) is 15.2 Å². The number of anilines is 1. The Morgan fingerprint density at radius 2 is 1.70 bits per heavy atom. The minimum absolute atomic E-state index is 0.143. The fourth-order valence-corrected chi connectivity index (χ4v) is 4.84. The molecule has 4 aromatic rings. The van der Waals surface area contributed by atoms with Crippen molar-refractivity contribution in [2.45, 2.75) is 11.9 Å². The summed E-state index contributed by atoms with van der Waals surface area (Å²) in [6.45, 7) is 1.96. The summed E-state index contributed by atoms with van der Waals surface area (Å²) in [5, 5.41) is 13.0. The van der Waals surface area contributed by atoms with Crippen LogP contribution in [0.5, 0.6) is 11.5 Å². The van der Waals surface area contributed by atoms with Crippen LogP contribution in [-0.4, -0.2) is 41.1 Å². The van der Waals surface area contributed by atoms with Gasteiger partial charge in [0.2, 0.25) is 5.91 Å². The van der Waals surface area contributed by atoms with Crippen molar-refractivity contribution in [3.8, 4) is 32.6 Å². The van der Waals surface area contributed by atoms with Crippen molar-refractivity contribution in [3.63, 3.8) is 0 Å². The zero-order valence-corrected chi connectivity index (χ0v) is 20.0. The number of carbonyl (C=O) groups is 1. The molecule has 4 rings (SSSR count).